The van der Waals surface area contributed by atoms with E-state index in [0.29, 0.717) is 5.69 Å². The van der Waals surface area contributed by atoms with E-state index in [-0.39, 0.29) is 11.7 Å². The predicted octanol–water partition coefficient (Wildman–Crippen LogP) is 1.26. The summed E-state index contributed by atoms with van der Waals surface area (Å²) in [6, 6.07) is 4.66. The number of aryl methyl sites for hydroxylation is 1. The number of amides is 1. The summed E-state index contributed by atoms with van der Waals surface area (Å²) >= 11 is 1.32. The van der Waals surface area contributed by atoms with Gasteiger partial charge < -0.3 is 16.2 Å². The van der Waals surface area contributed by atoms with Crippen LogP contribution in [0, 0.1) is 6.92 Å². The van der Waals surface area contributed by atoms with Crippen LogP contribution in [-0.4, -0.2) is 28.8 Å². The van der Waals surface area contributed by atoms with E-state index in [1.807, 2.05) is 19.1 Å². The van der Waals surface area contributed by atoms with E-state index in [9.17, 15) is 9.59 Å². The molecule has 0 saturated heterocycles. The number of hydrogen-bond donors (Lipinski definition) is 3. The number of nitrogen functional groups attached to an aromatic ring is 1. The van der Waals surface area contributed by atoms with Crippen LogP contribution in [0.25, 0.3) is 0 Å². The highest BCUT2D eigenvalue weighted by Crippen LogP contribution is 2.26. The highest BCUT2D eigenvalue weighted by molar-refractivity contribution is 7.99. The Morgan fingerprint density at radius 3 is 2.72 bits per heavy atom. The number of nitrogens with one attached hydrogen (secondary N) is 1. The van der Waals surface area contributed by atoms with E-state index in [4.69, 9.17) is 10.8 Å². The number of carbonyl (C=O) groups excluding carboxylic acids is 1. The maximum absolute atomic E-state index is 10.9. The van der Waals surface area contributed by atoms with Crippen LogP contribution in [0.15, 0.2) is 23.1 Å². The fraction of sp³-hybridized carbons (Fsp3) is 0.333. The van der Waals surface area contributed by atoms with E-state index < -0.39 is 12.0 Å². The lowest BCUT2D eigenvalue weighted by Gasteiger charge is -2.13. The molecule has 0 aliphatic carbocycles. The molecule has 4 N–H and O–H groups in total. The standard InChI is InChI=1S/C12H16N2O3S/c1-7-3-4-9(13)11(5-7)18-6-10(12(16)17)14-8(2)15/h3-5,10H,6,13H2,1-2H3,(H,14,15)(H,16,17). The summed E-state index contributed by atoms with van der Waals surface area (Å²) in [6.45, 7) is 3.23. The summed E-state index contributed by atoms with van der Waals surface area (Å²) in [5, 5.41) is 11.3. The monoisotopic (exact) mass is 268 g/mol. The second-order valence-corrected chi connectivity index (χ2v) is 5.01. The van der Waals surface area contributed by atoms with Crippen molar-refractivity contribution >= 4 is 29.3 Å². The van der Waals surface area contributed by atoms with Crippen LogP contribution >= 0.6 is 11.8 Å². The fourth-order valence-corrected chi connectivity index (χ4v) is 2.44. The number of nitrogens with two attached hydrogens (primary N) is 1. The molecule has 0 saturated carbocycles. The Morgan fingerprint density at radius 2 is 2.17 bits per heavy atom. The van der Waals surface area contributed by atoms with E-state index in [2.05, 4.69) is 5.32 Å². The number of carboxylic acids is 1. The number of benzene rings is 1. The number of carboxylic acid groups (broad SMARTS) is 1. The molecule has 6 heteroatoms. The maximum atomic E-state index is 10.9. The van der Waals surface area contributed by atoms with Gasteiger partial charge in [0.05, 0.1) is 0 Å². The van der Waals surface area contributed by atoms with E-state index in [1.54, 1.807) is 6.07 Å². The summed E-state index contributed by atoms with van der Waals surface area (Å²) in [7, 11) is 0. The molecule has 98 valence electrons. The van der Waals surface area contributed by atoms with E-state index in [1.165, 1.54) is 18.7 Å². The summed E-state index contributed by atoms with van der Waals surface area (Å²) in [5.41, 5.74) is 7.46. The highest BCUT2D eigenvalue weighted by Gasteiger charge is 2.18. The largest absolute Gasteiger partial charge is 0.480 e. The molecule has 1 aromatic rings. The Labute approximate surface area is 110 Å². The molecule has 0 radical (unpaired) electrons. The SMILES string of the molecule is CC(=O)NC(CSc1cc(C)ccc1N)C(=O)O. The molecule has 0 heterocycles. The zero-order valence-electron chi connectivity index (χ0n) is 10.3. The summed E-state index contributed by atoms with van der Waals surface area (Å²) in [4.78, 5) is 22.7. The molecule has 0 spiro atoms. The summed E-state index contributed by atoms with van der Waals surface area (Å²) in [5.74, 6) is -1.17. The molecule has 1 unspecified atom stereocenters. The molecule has 0 bridgehead atoms. The lowest BCUT2D eigenvalue weighted by Crippen LogP contribution is -2.41. The van der Waals surface area contributed by atoms with Gasteiger partial charge in [-0.15, -0.1) is 11.8 Å². The van der Waals surface area contributed by atoms with E-state index >= 15 is 0 Å². The summed E-state index contributed by atoms with van der Waals surface area (Å²) in [6.07, 6.45) is 0. The first kappa shape index (κ1) is 14.4. The molecule has 0 aliphatic heterocycles. The molecule has 5 nitrogen and oxygen atoms in total. The van der Waals surface area contributed by atoms with Gasteiger partial charge in [-0.05, 0) is 24.6 Å². The third kappa shape index (κ3) is 4.29. The van der Waals surface area contributed by atoms with Gasteiger partial charge in [0.1, 0.15) is 6.04 Å². The van der Waals surface area contributed by atoms with Crippen LogP contribution in [0.4, 0.5) is 5.69 Å². The highest BCUT2D eigenvalue weighted by atomic mass is 32.2. The van der Waals surface area contributed by atoms with Crippen LogP contribution in [-0.2, 0) is 9.59 Å². The van der Waals surface area contributed by atoms with Crippen molar-refractivity contribution in [2.24, 2.45) is 0 Å². The Hall–Kier alpha value is -1.69. The smallest absolute Gasteiger partial charge is 0.327 e. The third-order valence-electron chi connectivity index (χ3n) is 2.25. The second-order valence-electron chi connectivity index (χ2n) is 3.94. The number of aliphatic carboxylic acids is 1. The molecule has 0 aromatic heterocycles. The van der Waals surface area contributed by atoms with Gasteiger partial charge in [0, 0.05) is 23.3 Å². The Balaban J connectivity index is 2.69. The third-order valence-corrected chi connectivity index (χ3v) is 3.41. The first-order valence-corrected chi connectivity index (χ1v) is 6.37. The maximum Gasteiger partial charge on any atom is 0.327 e. The lowest BCUT2D eigenvalue weighted by atomic mass is 10.2. The predicted molar refractivity (Wildman–Crippen MR) is 71.6 cm³/mol. The van der Waals surface area contributed by atoms with Crippen molar-refractivity contribution in [3.63, 3.8) is 0 Å². The van der Waals surface area contributed by atoms with Crippen molar-refractivity contribution in [2.45, 2.75) is 24.8 Å². The molecular formula is C12H16N2O3S. The van der Waals surface area contributed by atoms with Crippen molar-refractivity contribution in [1.82, 2.24) is 5.32 Å². The molecule has 1 aromatic carbocycles. The number of anilines is 1. The average molecular weight is 268 g/mol. The Bertz CT molecular complexity index is 463. The first-order chi connectivity index (χ1) is 8.40. The Morgan fingerprint density at radius 1 is 1.50 bits per heavy atom. The lowest BCUT2D eigenvalue weighted by molar-refractivity contribution is -0.140. The van der Waals surface area contributed by atoms with E-state index in [0.717, 1.165) is 10.5 Å². The fourth-order valence-electron chi connectivity index (χ4n) is 1.36. The number of thioether (sulfide) groups is 1. The van der Waals surface area contributed by atoms with Gasteiger partial charge in [-0.2, -0.15) is 0 Å². The Kier molecular flexibility index (Phi) is 5.03. The van der Waals surface area contributed by atoms with Crippen molar-refractivity contribution in [3.05, 3.63) is 23.8 Å². The van der Waals surface area contributed by atoms with Gasteiger partial charge in [0.2, 0.25) is 5.91 Å². The zero-order chi connectivity index (χ0) is 13.7. The minimum Gasteiger partial charge on any atom is -0.480 e. The van der Waals surface area contributed by atoms with Crippen LogP contribution < -0.4 is 11.1 Å². The summed E-state index contributed by atoms with van der Waals surface area (Å²) < 4.78 is 0. The minimum atomic E-state index is -1.05. The van der Waals surface area contributed by atoms with Crippen LogP contribution in [0.1, 0.15) is 12.5 Å². The minimum absolute atomic E-state index is 0.239. The quantitative estimate of drug-likeness (QED) is 0.552. The van der Waals surface area contributed by atoms with Crippen molar-refractivity contribution < 1.29 is 14.7 Å². The molecule has 18 heavy (non-hydrogen) atoms. The van der Waals surface area contributed by atoms with Crippen molar-refractivity contribution in [1.29, 1.82) is 0 Å². The molecular weight excluding hydrogens is 252 g/mol. The van der Waals surface area contributed by atoms with Gasteiger partial charge >= 0.3 is 5.97 Å². The van der Waals surface area contributed by atoms with Gasteiger partial charge in [-0.1, -0.05) is 6.07 Å². The van der Waals surface area contributed by atoms with Crippen molar-refractivity contribution in [2.75, 3.05) is 11.5 Å². The molecule has 1 rings (SSSR count). The topological polar surface area (TPSA) is 92.4 Å². The molecule has 0 fully saturated rings. The number of hydrogen-bond acceptors (Lipinski definition) is 4. The van der Waals surface area contributed by atoms with Crippen LogP contribution in [0.3, 0.4) is 0 Å². The van der Waals surface area contributed by atoms with Crippen LogP contribution in [0.5, 0.6) is 0 Å². The average Bonchev–Trinajstić information content (AvgIpc) is 2.27. The molecule has 1 atom stereocenters. The van der Waals surface area contributed by atoms with Gasteiger partial charge in [0.25, 0.3) is 0 Å². The number of rotatable bonds is 5. The normalized spacial score (nSPS) is 11.9. The van der Waals surface area contributed by atoms with Gasteiger partial charge in [0.15, 0.2) is 0 Å². The van der Waals surface area contributed by atoms with Crippen molar-refractivity contribution in [3.8, 4) is 0 Å². The zero-order valence-corrected chi connectivity index (χ0v) is 11.1. The molecule has 0 aliphatic rings. The van der Waals surface area contributed by atoms with Crippen LogP contribution in [0.2, 0.25) is 0 Å². The van der Waals surface area contributed by atoms with Gasteiger partial charge in [-0.3, -0.25) is 4.79 Å². The number of carbonyl (C=O) groups is 2. The van der Waals surface area contributed by atoms with Gasteiger partial charge in [-0.25, -0.2) is 4.79 Å². The second kappa shape index (κ2) is 6.30. The first-order valence-electron chi connectivity index (χ1n) is 5.39. The molecule has 1 amide bonds.